The third-order valence-corrected chi connectivity index (χ3v) is 2.86. The van der Waals surface area contributed by atoms with Gasteiger partial charge in [0.2, 0.25) is 0 Å². The molecule has 1 amide bonds. The van der Waals surface area contributed by atoms with Gasteiger partial charge in [0.25, 0.3) is 5.91 Å². The number of carbonyl (C=O) groups excluding carboxylic acids is 1. The molecular formula is C14H22N2O. The molecule has 17 heavy (non-hydrogen) atoms. The largest absolute Gasteiger partial charge is 0.341 e. The number of nitrogens with zero attached hydrogens (tertiary/aromatic N) is 1. The molecule has 1 aromatic carbocycles. The van der Waals surface area contributed by atoms with Gasteiger partial charge in [0, 0.05) is 19.2 Å². The van der Waals surface area contributed by atoms with Gasteiger partial charge >= 0.3 is 0 Å². The van der Waals surface area contributed by atoms with Crippen molar-refractivity contribution in [3.05, 3.63) is 35.4 Å². The van der Waals surface area contributed by atoms with Crippen molar-refractivity contribution in [2.24, 2.45) is 11.1 Å². The Labute approximate surface area is 104 Å². The van der Waals surface area contributed by atoms with Crippen LogP contribution in [0.15, 0.2) is 24.3 Å². The zero-order valence-corrected chi connectivity index (χ0v) is 11.2. The number of amides is 1. The Morgan fingerprint density at radius 2 is 1.82 bits per heavy atom. The van der Waals surface area contributed by atoms with Gasteiger partial charge in [-0.25, -0.2) is 0 Å². The van der Waals surface area contributed by atoms with E-state index in [9.17, 15) is 4.79 Å². The van der Waals surface area contributed by atoms with E-state index in [2.05, 4.69) is 13.8 Å². The standard InChI is InChI=1S/C14H22N2O/c1-11-5-7-12(8-6-11)13(17)16(4)10-14(2,3)9-15/h5-8H,9-10,15H2,1-4H3. The van der Waals surface area contributed by atoms with Gasteiger partial charge in [0.05, 0.1) is 0 Å². The second-order valence-electron chi connectivity index (χ2n) is 5.40. The molecule has 1 rings (SSSR count). The molecule has 0 aliphatic carbocycles. The highest BCUT2D eigenvalue weighted by molar-refractivity contribution is 5.94. The molecule has 0 bridgehead atoms. The summed E-state index contributed by atoms with van der Waals surface area (Å²) in [7, 11) is 1.82. The average Bonchev–Trinajstić information content (AvgIpc) is 2.28. The predicted octanol–water partition coefficient (Wildman–Crippen LogP) is 2.05. The molecule has 0 aromatic heterocycles. The first-order valence-electron chi connectivity index (χ1n) is 5.88. The number of hydrogen-bond donors (Lipinski definition) is 1. The number of aryl methyl sites for hydroxylation is 1. The Morgan fingerprint density at radius 3 is 2.29 bits per heavy atom. The van der Waals surface area contributed by atoms with E-state index in [1.165, 1.54) is 0 Å². The van der Waals surface area contributed by atoms with E-state index in [-0.39, 0.29) is 11.3 Å². The van der Waals surface area contributed by atoms with Crippen molar-refractivity contribution in [3.63, 3.8) is 0 Å². The molecule has 3 nitrogen and oxygen atoms in total. The Bertz CT molecular complexity index is 382. The molecule has 94 valence electrons. The third kappa shape index (κ3) is 3.86. The summed E-state index contributed by atoms with van der Waals surface area (Å²) in [5.41, 5.74) is 7.52. The van der Waals surface area contributed by atoms with Crippen molar-refractivity contribution in [2.75, 3.05) is 20.1 Å². The van der Waals surface area contributed by atoms with Crippen LogP contribution < -0.4 is 5.73 Å². The van der Waals surface area contributed by atoms with Gasteiger partial charge in [-0.15, -0.1) is 0 Å². The molecule has 0 spiro atoms. The van der Waals surface area contributed by atoms with E-state index >= 15 is 0 Å². The zero-order chi connectivity index (χ0) is 13.1. The molecule has 0 aliphatic heterocycles. The summed E-state index contributed by atoms with van der Waals surface area (Å²) < 4.78 is 0. The highest BCUT2D eigenvalue weighted by Gasteiger charge is 2.21. The summed E-state index contributed by atoms with van der Waals surface area (Å²) in [6.45, 7) is 7.36. The Balaban J connectivity index is 2.73. The van der Waals surface area contributed by atoms with E-state index in [4.69, 9.17) is 5.73 Å². The molecule has 3 heteroatoms. The van der Waals surface area contributed by atoms with Gasteiger partial charge in [-0.05, 0) is 31.0 Å². The third-order valence-electron chi connectivity index (χ3n) is 2.86. The molecule has 0 saturated carbocycles. The van der Waals surface area contributed by atoms with Gasteiger partial charge in [-0.2, -0.15) is 0 Å². The van der Waals surface area contributed by atoms with Crippen LogP contribution in [0, 0.1) is 12.3 Å². The van der Waals surface area contributed by atoms with Crippen molar-refractivity contribution in [3.8, 4) is 0 Å². The zero-order valence-electron chi connectivity index (χ0n) is 11.2. The van der Waals surface area contributed by atoms with Crippen LogP contribution in [0.25, 0.3) is 0 Å². The summed E-state index contributed by atoms with van der Waals surface area (Å²) in [4.78, 5) is 13.9. The lowest BCUT2D eigenvalue weighted by atomic mass is 9.93. The maximum atomic E-state index is 12.1. The van der Waals surface area contributed by atoms with Gasteiger partial charge in [0.15, 0.2) is 0 Å². The van der Waals surface area contributed by atoms with Crippen molar-refractivity contribution < 1.29 is 4.79 Å². The van der Waals surface area contributed by atoms with Crippen LogP contribution >= 0.6 is 0 Å². The number of benzene rings is 1. The van der Waals surface area contributed by atoms with E-state index in [1.54, 1.807) is 4.90 Å². The fourth-order valence-corrected chi connectivity index (χ4v) is 1.69. The summed E-state index contributed by atoms with van der Waals surface area (Å²) in [6, 6.07) is 7.64. The maximum Gasteiger partial charge on any atom is 0.253 e. The first-order valence-corrected chi connectivity index (χ1v) is 5.88. The minimum absolute atomic E-state index is 0.0465. The molecule has 0 heterocycles. The number of nitrogens with two attached hydrogens (primary N) is 1. The van der Waals surface area contributed by atoms with E-state index in [0.717, 1.165) is 11.1 Å². The fraction of sp³-hybridized carbons (Fsp3) is 0.500. The molecule has 0 unspecified atom stereocenters. The first-order chi connectivity index (χ1) is 7.85. The molecule has 0 atom stereocenters. The maximum absolute atomic E-state index is 12.1. The Kier molecular flexibility index (Phi) is 4.29. The average molecular weight is 234 g/mol. The fourth-order valence-electron chi connectivity index (χ4n) is 1.69. The number of rotatable bonds is 4. The van der Waals surface area contributed by atoms with Gasteiger partial charge in [-0.3, -0.25) is 4.79 Å². The molecule has 0 radical (unpaired) electrons. The SMILES string of the molecule is Cc1ccc(C(=O)N(C)CC(C)(C)CN)cc1. The molecule has 0 fully saturated rings. The minimum Gasteiger partial charge on any atom is -0.341 e. The Hall–Kier alpha value is -1.35. The van der Waals surface area contributed by atoms with Crippen molar-refractivity contribution >= 4 is 5.91 Å². The predicted molar refractivity (Wildman–Crippen MR) is 71.0 cm³/mol. The van der Waals surface area contributed by atoms with Crippen LogP contribution in [0.4, 0.5) is 0 Å². The van der Waals surface area contributed by atoms with Crippen molar-refractivity contribution in [1.82, 2.24) is 4.90 Å². The van der Waals surface area contributed by atoms with Crippen LogP contribution in [0.2, 0.25) is 0 Å². The summed E-state index contributed by atoms with van der Waals surface area (Å²) >= 11 is 0. The second-order valence-corrected chi connectivity index (χ2v) is 5.40. The van der Waals surface area contributed by atoms with Gasteiger partial charge in [0.1, 0.15) is 0 Å². The highest BCUT2D eigenvalue weighted by atomic mass is 16.2. The highest BCUT2D eigenvalue weighted by Crippen LogP contribution is 2.15. The summed E-state index contributed by atoms with van der Waals surface area (Å²) in [6.07, 6.45) is 0. The molecule has 0 saturated heterocycles. The Morgan fingerprint density at radius 1 is 1.29 bits per heavy atom. The number of carbonyl (C=O) groups is 1. The van der Waals surface area contributed by atoms with E-state index in [1.807, 2.05) is 38.2 Å². The molecule has 1 aromatic rings. The lowest BCUT2D eigenvalue weighted by Crippen LogP contribution is -2.39. The van der Waals surface area contributed by atoms with Gasteiger partial charge < -0.3 is 10.6 Å². The first kappa shape index (κ1) is 13.7. The minimum atomic E-state index is -0.0465. The number of hydrogen-bond acceptors (Lipinski definition) is 2. The lowest BCUT2D eigenvalue weighted by molar-refractivity contribution is 0.0740. The lowest BCUT2D eigenvalue weighted by Gasteiger charge is -2.29. The smallest absolute Gasteiger partial charge is 0.253 e. The quantitative estimate of drug-likeness (QED) is 0.866. The monoisotopic (exact) mass is 234 g/mol. The molecule has 2 N–H and O–H groups in total. The van der Waals surface area contributed by atoms with Crippen LogP contribution in [-0.2, 0) is 0 Å². The van der Waals surface area contributed by atoms with E-state index < -0.39 is 0 Å². The van der Waals surface area contributed by atoms with Gasteiger partial charge in [-0.1, -0.05) is 31.5 Å². The summed E-state index contributed by atoms with van der Waals surface area (Å²) in [5, 5.41) is 0. The van der Waals surface area contributed by atoms with Crippen molar-refractivity contribution in [2.45, 2.75) is 20.8 Å². The molecule has 0 aliphatic rings. The summed E-state index contributed by atoms with van der Waals surface area (Å²) in [5.74, 6) is 0.0477. The normalized spacial score (nSPS) is 11.4. The van der Waals surface area contributed by atoms with Crippen molar-refractivity contribution in [1.29, 1.82) is 0 Å². The van der Waals surface area contributed by atoms with Crippen LogP contribution in [0.3, 0.4) is 0 Å². The van der Waals surface area contributed by atoms with Crippen LogP contribution in [0.5, 0.6) is 0 Å². The van der Waals surface area contributed by atoms with Crippen LogP contribution in [0.1, 0.15) is 29.8 Å². The van der Waals surface area contributed by atoms with E-state index in [0.29, 0.717) is 13.1 Å². The molecular weight excluding hydrogens is 212 g/mol. The second kappa shape index (κ2) is 5.32. The van der Waals surface area contributed by atoms with Crippen LogP contribution in [-0.4, -0.2) is 30.9 Å². The topological polar surface area (TPSA) is 46.3 Å².